The fourth-order valence-electron chi connectivity index (χ4n) is 3.32. The van der Waals surface area contributed by atoms with Crippen molar-refractivity contribution in [1.82, 2.24) is 5.32 Å². The summed E-state index contributed by atoms with van der Waals surface area (Å²) in [5.41, 5.74) is 4.48. The molecule has 0 aliphatic carbocycles. The van der Waals surface area contributed by atoms with Gasteiger partial charge < -0.3 is 15.5 Å². The molecule has 2 N–H and O–H groups in total. The third-order valence-electron chi connectivity index (χ3n) is 4.97. The van der Waals surface area contributed by atoms with E-state index in [1.165, 1.54) is 0 Å². The van der Waals surface area contributed by atoms with Crippen LogP contribution in [0.2, 0.25) is 0 Å². The zero-order valence-corrected chi connectivity index (χ0v) is 17.4. The van der Waals surface area contributed by atoms with Crippen molar-refractivity contribution < 1.29 is 9.59 Å². The number of nitrogens with one attached hydrogen (secondary N) is 2. The maximum Gasteiger partial charge on any atom is 0.313 e. The number of carbonyl (C=O) groups is 2. The van der Waals surface area contributed by atoms with E-state index in [0.29, 0.717) is 12.2 Å². The zero-order valence-electron chi connectivity index (χ0n) is 17.4. The molecule has 0 aromatic heterocycles. The summed E-state index contributed by atoms with van der Waals surface area (Å²) in [6.07, 6.45) is 0. The predicted molar refractivity (Wildman–Crippen MR) is 122 cm³/mol. The van der Waals surface area contributed by atoms with Gasteiger partial charge in [-0.2, -0.15) is 0 Å². The zero-order chi connectivity index (χ0) is 21.3. The molecule has 30 heavy (non-hydrogen) atoms. The molecule has 0 atom stereocenters. The number of nitrogens with zero attached hydrogens (tertiary/aromatic N) is 1. The quantitative estimate of drug-likeness (QED) is 0.575. The van der Waals surface area contributed by atoms with Gasteiger partial charge in [0, 0.05) is 36.6 Å². The molecule has 0 bridgehead atoms. The molecule has 2 amide bonds. The molecular weight excluding hydrogens is 374 g/mol. The predicted octanol–water partition coefficient (Wildman–Crippen LogP) is 4.45. The van der Waals surface area contributed by atoms with Crippen LogP contribution in [0.15, 0.2) is 78.9 Å². The van der Waals surface area contributed by atoms with Crippen molar-refractivity contribution >= 4 is 23.2 Å². The topological polar surface area (TPSA) is 61.4 Å². The highest BCUT2D eigenvalue weighted by atomic mass is 16.2. The summed E-state index contributed by atoms with van der Waals surface area (Å²) in [6, 6.07) is 25.2. The lowest BCUT2D eigenvalue weighted by Crippen LogP contribution is -2.35. The molecule has 0 radical (unpaired) electrons. The van der Waals surface area contributed by atoms with Crippen LogP contribution < -0.4 is 15.5 Å². The first-order valence-corrected chi connectivity index (χ1v) is 10.2. The summed E-state index contributed by atoms with van der Waals surface area (Å²) in [5.74, 6) is -1.34. The van der Waals surface area contributed by atoms with E-state index in [4.69, 9.17) is 0 Å². The van der Waals surface area contributed by atoms with Crippen molar-refractivity contribution in [2.45, 2.75) is 20.4 Å². The van der Waals surface area contributed by atoms with E-state index in [0.717, 1.165) is 35.5 Å². The molecule has 0 unspecified atom stereocenters. The first kappa shape index (κ1) is 21.1. The molecule has 3 rings (SSSR count). The van der Waals surface area contributed by atoms with Crippen LogP contribution in [-0.4, -0.2) is 24.9 Å². The Balaban J connectivity index is 1.80. The molecule has 0 heterocycles. The van der Waals surface area contributed by atoms with E-state index >= 15 is 0 Å². The Morgan fingerprint density at radius 3 is 2.07 bits per heavy atom. The Morgan fingerprint density at radius 1 is 0.800 bits per heavy atom. The van der Waals surface area contributed by atoms with Gasteiger partial charge in [-0.25, -0.2) is 0 Å². The fourth-order valence-corrected chi connectivity index (χ4v) is 3.32. The molecule has 3 aromatic rings. The maximum atomic E-state index is 12.5. The molecule has 0 saturated heterocycles. The van der Waals surface area contributed by atoms with Gasteiger partial charge in [-0.15, -0.1) is 0 Å². The average molecular weight is 402 g/mol. The molecule has 154 valence electrons. The molecular formula is C25H27N3O2. The second-order valence-electron chi connectivity index (χ2n) is 6.89. The Labute approximate surface area is 177 Å². The summed E-state index contributed by atoms with van der Waals surface area (Å²) in [4.78, 5) is 27.1. The SMILES string of the molecule is CCN(CC)c1ccc(NC(=O)C(=O)NCc2ccccc2)c(-c2ccccc2)c1. The second-order valence-corrected chi connectivity index (χ2v) is 6.89. The minimum absolute atomic E-state index is 0.305. The van der Waals surface area contributed by atoms with Crippen LogP contribution in [0.25, 0.3) is 11.1 Å². The summed E-state index contributed by atoms with van der Waals surface area (Å²) in [7, 11) is 0. The van der Waals surface area contributed by atoms with Gasteiger partial charge in [-0.05, 0) is 43.2 Å². The van der Waals surface area contributed by atoms with Crippen molar-refractivity contribution in [3.8, 4) is 11.1 Å². The number of hydrogen-bond acceptors (Lipinski definition) is 3. The monoisotopic (exact) mass is 401 g/mol. The van der Waals surface area contributed by atoms with Crippen molar-refractivity contribution in [3.05, 3.63) is 84.4 Å². The highest BCUT2D eigenvalue weighted by Gasteiger charge is 2.17. The lowest BCUT2D eigenvalue weighted by molar-refractivity contribution is -0.136. The van der Waals surface area contributed by atoms with Crippen LogP contribution in [-0.2, 0) is 16.1 Å². The van der Waals surface area contributed by atoms with Gasteiger partial charge in [0.1, 0.15) is 0 Å². The van der Waals surface area contributed by atoms with E-state index in [9.17, 15) is 9.59 Å². The molecule has 0 aliphatic rings. The Hall–Kier alpha value is -3.60. The maximum absolute atomic E-state index is 12.5. The van der Waals surface area contributed by atoms with E-state index in [1.54, 1.807) is 0 Å². The van der Waals surface area contributed by atoms with E-state index in [1.807, 2.05) is 72.8 Å². The lowest BCUT2D eigenvalue weighted by atomic mass is 10.0. The normalized spacial score (nSPS) is 10.3. The number of rotatable bonds is 7. The second kappa shape index (κ2) is 10.3. The van der Waals surface area contributed by atoms with Crippen molar-refractivity contribution in [1.29, 1.82) is 0 Å². The molecule has 0 spiro atoms. The molecule has 3 aromatic carbocycles. The van der Waals surface area contributed by atoms with E-state index in [2.05, 4.69) is 35.4 Å². The van der Waals surface area contributed by atoms with Crippen molar-refractivity contribution in [2.24, 2.45) is 0 Å². The summed E-state index contributed by atoms with van der Waals surface area (Å²) in [6.45, 7) is 6.30. The Kier molecular flexibility index (Phi) is 7.22. The van der Waals surface area contributed by atoms with Gasteiger partial charge in [0.15, 0.2) is 0 Å². The molecule has 0 saturated carbocycles. The fraction of sp³-hybridized carbons (Fsp3) is 0.200. The third-order valence-corrected chi connectivity index (χ3v) is 4.97. The van der Waals surface area contributed by atoms with Gasteiger partial charge in [-0.3, -0.25) is 9.59 Å². The first-order valence-electron chi connectivity index (χ1n) is 10.2. The smallest absolute Gasteiger partial charge is 0.313 e. The number of hydrogen-bond donors (Lipinski definition) is 2. The van der Waals surface area contributed by atoms with E-state index < -0.39 is 11.8 Å². The van der Waals surface area contributed by atoms with Gasteiger partial charge in [0.05, 0.1) is 0 Å². The number of anilines is 2. The largest absolute Gasteiger partial charge is 0.372 e. The Bertz CT molecular complexity index is 984. The van der Waals surface area contributed by atoms with Gasteiger partial charge >= 0.3 is 11.8 Å². The van der Waals surface area contributed by atoms with Crippen LogP contribution in [0, 0.1) is 0 Å². The highest BCUT2D eigenvalue weighted by molar-refractivity contribution is 6.39. The van der Waals surface area contributed by atoms with Gasteiger partial charge in [-0.1, -0.05) is 60.7 Å². The minimum atomic E-state index is -0.682. The summed E-state index contributed by atoms with van der Waals surface area (Å²) < 4.78 is 0. The first-order chi connectivity index (χ1) is 14.6. The van der Waals surface area contributed by atoms with Crippen molar-refractivity contribution in [2.75, 3.05) is 23.3 Å². The molecule has 0 fully saturated rings. The summed E-state index contributed by atoms with van der Waals surface area (Å²) >= 11 is 0. The van der Waals surface area contributed by atoms with Crippen LogP contribution in [0.5, 0.6) is 0 Å². The number of benzene rings is 3. The van der Waals surface area contributed by atoms with Crippen LogP contribution in [0.1, 0.15) is 19.4 Å². The molecule has 5 nitrogen and oxygen atoms in total. The van der Waals surface area contributed by atoms with Crippen LogP contribution in [0.4, 0.5) is 11.4 Å². The minimum Gasteiger partial charge on any atom is -0.372 e. The van der Waals surface area contributed by atoms with Crippen molar-refractivity contribution in [3.63, 3.8) is 0 Å². The van der Waals surface area contributed by atoms with Gasteiger partial charge in [0.2, 0.25) is 0 Å². The Morgan fingerprint density at radius 2 is 1.43 bits per heavy atom. The van der Waals surface area contributed by atoms with Crippen LogP contribution in [0.3, 0.4) is 0 Å². The number of amides is 2. The summed E-state index contributed by atoms with van der Waals surface area (Å²) in [5, 5.41) is 5.44. The third kappa shape index (κ3) is 5.26. The molecule has 5 heteroatoms. The number of carbonyl (C=O) groups excluding carboxylic acids is 2. The average Bonchev–Trinajstić information content (AvgIpc) is 2.80. The van der Waals surface area contributed by atoms with Crippen LogP contribution >= 0.6 is 0 Å². The lowest BCUT2D eigenvalue weighted by Gasteiger charge is -2.23. The molecule has 0 aliphatic heterocycles. The van der Waals surface area contributed by atoms with Gasteiger partial charge in [0.25, 0.3) is 0 Å². The standard InChI is InChI=1S/C25H27N3O2/c1-3-28(4-2)21-15-16-23(22(17-21)20-13-9-6-10-14-20)27-25(30)24(29)26-18-19-11-7-5-8-12-19/h5-17H,3-4,18H2,1-2H3,(H,26,29)(H,27,30). The van der Waals surface area contributed by atoms with E-state index in [-0.39, 0.29) is 0 Å². The highest BCUT2D eigenvalue weighted by Crippen LogP contribution is 2.32.